The molecule has 8 heteroatoms. The number of piperidine rings is 1. The number of nitrogens with zero attached hydrogens (tertiary/aromatic N) is 1. The van der Waals surface area contributed by atoms with Crippen molar-refractivity contribution in [2.24, 2.45) is 0 Å². The predicted molar refractivity (Wildman–Crippen MR) is 179 cm³/mol. The first-order valence-electron chi connectivity index (χ1n) is 17.2. The van der Waals surface area contributed by atoms with E-state index < -0.39 is 11.7 Å². The Bertz CT molecular complexity index is 1440. The molecule has 47 heavy (non-hydrogen) atoms. The molecule has 1 heterocycles. The number of alkyl halides is 3. The Morgan fingerprint density at radius 1 is 0.809 bits per heavy atom. The van der Waals surface area contributed by atoms with Crippen LogP contribution in [0.2, 0.25) is 0 Å². The first-order chi connectivity index (χ1) is 22.6. The second-order valence-electron chi connectivity index (χ2n) is 13.5. The Labute approximate surface area is 276 Å². The standard InChI is InChI=1S/C39H47F3N2O3/c1-38(30-12-5-4-6-13-30,28-36(45)47-33-14-7-2-3-8-15-33)24-11-25-44-26-22-32(23-27-44)43-37(46)35-17-10-9-16-34(35)29-18-20-31(21-19-29)39(40,41)42/h4-6,9-10,12-13,16-21,32-33H,2-3,7-8,11,14-15,22-28H2,1H3,(H,43,46). The SMILES string of the molecule is CC(CCCN1CCC(NC(=O)c2ccccc2-c2ccc(C(F)(F)F)cc2)CC1)(CC(=O)OC1CCCCCC1)c1ccccc1. The van der Waals surface area contributed by atoms with Gasteiger partial charge in [-0.15, -0.1) is 0 Å². The third-order valence-corrected chi connectivity index (χ3v) is 9.93. The second kappa shape index (κ2) is 16.0. The summed E-state index contributed by atoms with van der Waals surface area (Å²) in [6, 6.07) is 22.3. The molecule has 3 aromatic carbocycles. The Balaban J connectivity index is 1.12. The van der Waals surface area contributed by atoms with Crippen LogP contribution in [-0.4, -0.2) is 48.6 Å². The Morgan fingerprint density at radius 2 is 1.45 bits per heavy atom. The average molecular weight is 649 g/mol. The molecule has 0 bridgehead atoms. The number of ether oxygens (including phenoxy) is 1. The van der Waals surface area contributed by atoms with Crippen molar-refractivity contribution in [3.8, 4) is 11.1 Å². The van der Waals surface area contributed by atoms with Crippen LogP contribution in [0.3, 0.4) is 0 Å². The van der Waals surface area contributed by atoms with Crippen molar-refractivity contribution >= 4 is 11.9 Å². The van der Waals surface area contributed by atoms with Crippen molar-refractivity contribution in [2.75, 3.05) is 19.6 Å². The smallest absolute Gasteiger partial charge is 0.416 e. The maximum Gasteiger partial charge on any atom is 0.416 e. The Kier molecular flexibility index (Phi) is 11.8. The first kappa shape index (κ1) is 34.7. The molecule has 0 radical (unpaired) electrons. The van der Waals surface area contributed by atoms with E-state index in [1.807, 2.05) is 18.2 Å². The average Bonchev–Trinajstić information content (AvgIpc) is 3.34. The fraction of sp³-hybridized carbons (Fsp3) is 0.487. The van der Waals surface area contributed by atoms with Gasteiger partial charge in [-0.25, -0.2) is 0 Å². The maximum absolute atomic E-state index is 13.3. The lowest BCUT2D eigenvalue weighted by molar-refractivity contribution is -0.151. The van der Waals surface area contributed by atoms with Crippen LogP contribution in [0.25, 0.3) is 11.1 Å². The fourth-order valence-corrected chi connectivity index (χ4v) is 7.11. The zero-order valence-corrected chi connectivity index (χ0v) is 27.4. The normalized spacial score (nSPS) is 18.2. The molecular weight excluding hydrogens is 601 g/mol. The molecule has 5 nitrogen and oxygen atoms in total. The summed E-state index contributed by atoms with van der Waals surface area (Å²) < 4.78 is 45.1. The van der Waals surface area contributed by atoms with E-state index in [0.29, 0.717) is 23.1 Å². The van der Waals surface area contributed by atoms with E-state index in [2.05, 4.69) is 29.3 Å². The van der Waals surface area contributed by atoms with Crippen LogP contribution in [0.15, 0.2) is 78.9 Å². The van der Waals surface area contributed by atoms with Crippen LogP contribution >= 0.6 is 0 Å². The number of halogens is 3. The number of esters is 1. The minimum absolute atomic E-state index is 0.0211. The van der Waals surface area contributed by atoms with Gasteiger partial charge in [0.15, 0.2) is 0 Å². The summed E-state index contributed by atoms with van der Waals surface area (Å²) in [7, 11) is 0. The van der Waals surface area contributed by atoms with E-state index in [1.54, 1.807) is 24.3 Å². The van der Waals surface area contributed by atoms with E-state index in [1.165, 1.54) is 25.0 Å². The number of amides is 1. The maximum atomic E-state index is 13.3. The van der Waals surface area contributed by atoms with E-state index >= 15 is 0 Å². The summed E-state index contributed by atoms with van der Waals surface area (Å²) in [5.41, 5.74) is 1.76. The van der Waals surface area contributed by atoms with Gasteiger partial charge in [-0.2, -0.15) is 13.2 Å². The predicted octanol–water partition coefficient (Wildman–Crippen LogP) is 8.96. The van der Waals surface area contributed by atoms with Gasteiger partial charge in [0.2, 0.25) is 0 Å². The van der Waals surface area contributed by atoms with E-state index in [9.17, 15) is 22.8 Å². The van der Waals surface area contributed by atoms with Crippen LogP contribution in [-0.2, 0) is 21.1 Å². The molecule has 1 saturated carbocycles. The number of likely N-dealkylation sites (tertiary alicyclic amines) is 1. The molecule has 1 unspecified atom stereocenters. The fourth-order valence-electron chi connectivity index (χ4n) is 7.11. The molecule has 1 amide bonds. The summed E-state index contributed by atoms with van der Waals surface area (Å²) in [5, 5.41) is 3.17. The highest BCUT2D eigenvalue weighted by atomic mass is 19.4. The van der Waals surface area contributed by atoms with Crippen LogP contribution in [0.4, 0.5) is 13.2 Å². The molecule has 2 fully saturated rings. The summed E-state index contributed by atoms with van der Waals surface area (Å²) in [5.74, 6) is -0.312. The summed E-state index contributed by atoms with van der Waals surface area (Å²) in [4.78, 5) is 28.9. The minimum atomic E-state index is -4.41. The lowest BCUT2D eigenvalue weighted by Gasteiger charge is -2.34. The van der Waals surface area contributed by atoms with Crippen molar-refractivity contribution in [3.05, 3.63) is 95.6 Å². The largest absolute Gasteiger partial charge is 0.462 e. The molecule has 1 saturated heterocycles. The number of rotatable bonds is 11. The number of carbonyl (C=O) groups is 2. The summed E-state index contributed by atoms with van der Waals surface area (Å²) in [6.07, 6.45) is 6.09. The number of carbonyl (C=O) groups excluding carboxylic acids is 2. The van der Waals surface area contributed by atoms with Gasteiger partial charge in [0.1, 0.15) is 6.10 Å². The highest BCUT2D eigenvalue weighted by Crippen LogP contribution is 2.35. The third kappa shape index (κ3) is 9.69. The molecule has 1 atom stereocenters. The Hall–Kier alpha value is -3.65. The molecule has 1 aliphatic carbocycles. The zero-order chi connectivity index (χ0) is 33.3. The number of nitrogens with one attached hydrogen (secondary N) is 1. The van der Waals surface area contributed by atoms with Crippen LogP contribution in [0.1, 0.15) is 99.0 Å². The topological polar surface area (TPSA) is 58.6 Å². The van der Waals surface area contributed by atoms with Gasteiger partial charge in [0.25, 0.3) is 5.91 Å². The minimum Gasteiger partial charge on any atom is -0.462 e. The molecular formula is C39H47F3N2O3. The molecule has 5 rings (SSSR count). The third-order valence-electron chi connectivity index (χ3n) is 9.93. The van der Waals surface area contributed by atoms with Gasteiger partial charge < -0.3 is 15.0 Å². The van der Waals surface area contributed by atoms with E-state index in [4.69, 9.17) is 4.74 Å². The van der Waals surface area contributed by atoms with Crippen molar-refractivity contribution < 1.29 is 27.5 Å². The van der Waals surface area contributed by atoms with E-state index in [0.717, 1.165) is 88.7 Å². The lowest BCUT2D eigenvalue weighted by atomic mass is 9.76. The van der Waals surface area contributed by atoms with Gasteiger partial charge in [0, 0.05) is 30.1 Å². The first-order valence-corrected chi connectivity index (χ1v) is 17.2. The van der Waals surface area contributed by atoms with Crippen molar-refractivity contribution in [1.82, 2.24) is 10.2 Å². The second-order valence-corrected chi connectivity index (χ2v) is 13.5. The zero-order valence-electron chi connectivity index (χ0n) is 27.4. The number of hydrogen-bond donors (Lipinski definition) is 1. The molecule has 0 spiro atoms. The van der Waals surface area contributed by atoms with Gasteiger partial charge in [0.05, 0.1) is 12.0 Å². The van der Waals surface area contributed by atoms with Crippen LogP contribution in [0.5, 0.6) is 0 Å². The van der Waals surface area contributed by atoms with Gasteiger partial charge in [-0.1, -0.05) is 80.4 Å². The van der Waals surface area contributed by atoms with Crippen LogP contribution in [0, 0.1) is 0 Å². The Morgan fingerprint density at radius 3 is 2.11 bits per heavy atom. The molecule has 2 aliphatic rings. The molecule has 1 N–H and O–H groups in total. The van der Waals surface area contributed by atoms with Crippen LogP contribution < -0.4 is 5.32 Å². The van der Waals surface area contributed by atoms with Gasteiger partial charge in [-0.3, -0.25) is 9.59 Å². The molecule has 0 aromatic heterocycles. The highest BCUT2D eigenvalue weighted by Gasteiger charge is 2.32. The van der Waals surface area contributed by atoms with Gasteiger partial charge >= 0.3 is 12.1 Å². The van der Waals surface area contributed by atoms with Crippen molar-refractivity contribution in [1.29, 1.82) is 0 Å². The number of benzene rings is 3. The summed E-state index contributed by atoms with van der Waals surface area (Å²) >= 11 is 0. The monoisotopic (exact) mass is 648 g/mol. The molecule has 3 aromatic rings. The molecule has 1 aliphatic heterocycles. The van der Waals surface area contributed by atoms with E-state index in [-0.39, 0.29) is 29.4 Å². The summed E-state index contributed by atoms with van der Waals surface area (Å²) in [6.45, 7) is 4.81. The van der Waals surface area contributed by atoms with Gasteiger partial charge in [-0.05, 0) is 92.8 Å². The highest BCUT2D eigenvalue weighted by molar-refractivity contribution is 6.01. The number of hydrogen-bond acceptors (Lipinski definition) is 4. The van der Waals surface area contributed by atoms with Crippen molar-refractivity contribution in [2.45, 2.75) is 101 Å². The molecule has 252 valence electrons. The van der Waals surface area contributed by atoms with Crippen molar-refractivity contribution in [3.63, 3.8) is 0 Å². The quantitative estimate of drug-likeness (QED) is 0.167. The lowest BCUT2D eigenvalue weighted by Crippen LogP contribution is -2.45.